The molecule has 0 bridgehead atoms. The highest BCUT2D eigenvalue weighted by molar-refractivity contribution is 5.88. The molecule has 0 aliphatic heterocycles. The molecule has 0 saturated heterocycles. The van der Waals surface area contributed by atoms with E-state index in [1.54, 1.807) is 6.07 Å². The quantitative estimate of drug-likeness (QED) is 0.873. The van der Waals surface area contributed by atoms with Crippen molar-refractivity contribution >= 4 is 5.97 Å². The van der Waals surface area contributed by atoms with Crippen LogP contribution in [0.1, 0.15) is 38.9 Å². The third kappa shape index (κ3) is 2.15. The Labute approximate surface area is 104 Å². The molecule has 1 unspecified atom stereocenters. The van der Waals surface area contributed by atoms with Crippen molar-refractivity contribution in [1.82, 2.24) is 0 Å². The van der Waals surface area contributed by atoms with Gasteiger partial charge in [-0.05, 0) is 31.0 Å². The topological polar surface area (TPSA) is 70.7 Å². The Morgan fingerprint density at radius 2 is 2.00 bits per heavy atom. The molecule has 0 aliphatic rings. The highest BCUT2D eigenvalue weighted by Crippen LogP contribution is 2.28. The number of carbonyl (C=O) groups is 1. The van der Waals surface area contributed by atoms with Crippen molar-refractivity contribution in [2.24, 2.45) is 0 Å². The minimum absolute atomic E-state index is 0.0116. The van der Waals surface area contributed by atoms with Crippen LogP contribution in [0.15, 0.2) is 34.9 Å². The van der Waals surface area contributed by atoms with Gasteiger partial charge in [0.25, 0.3) is 0 Å². The van der Waals surface area contributed by atoms with E-state index in [1.165, 1.54) is 12.3 Å². The summed E-state index contributed by atoms with van der Waals surface area (Å²) in [6.07, 6.45) is 0.206. The second-order valence-corrected chi connectivity index (χ2v) is 4.27. The Kier molecular flexibility index (Phi) is 3.21. The van der Waals surface area contributed by atoms with Crippen molar-refractivity contribution in [2.75, 3.05) is 0 Å². The van der Waals surface area contributed by atoms with Gasteiger partial charge in [0.1, 0.15) is 11.7 Å². The largest absolute Gasteiger partial charge is 0.478 e. The van der Waals surface area contributed by atoms with E-state index in [9.17, 15) is 9.90 Å². The van der Waals surface area contributed by atoms with Gasteiger partial charge in [0.2, 0.25) is 0 Å². The molecule has 0 saturated carbocycles. The fourth-order valence-corrected chi connectivity index (χ4v) is 1.98. The van der Waals surface area contributed by atoms with Crippen molar-refractivity contribution in [3.63, 3.8) is 0 Å². The first-order valence-corrected chi connectivity index (χ1v) is 5.56. The summed E-state index contributed by atoms with van der Waals surface area (Å²) in [5.74, 6) is -1.04. The average molecular weight is 246 g/mol. The second-order valence-electron chi connectivity index (χ2n) is 4.27. The number of hydrogen-bond acceptors (Lipinski definition) is 3. The van der Waals surface area contributed by atoms with E-state index >= 15 is 0 Å². The summed E-state index contributed by atoms with van der Waals surface area (Å²) < 4.78 is 5.10. The van der Waals surface area contributed by atoms with Crippen LogP contribution < -0.4 is 0 Å². The van der Waals surface area contributed by atoms with E-state index in [0.717, 1.165) is 11.1 Å². The number of aliphatic hydroxyl groups is 1. The average Bonchev–Trinajstić information content (AvgIpc) is 2.77. The summed E-state index contributed by atoms with van der Waals surface area (Å²) >= 11 is 0. The molecule has 0 spiro atoms. The number of benzene rings is 1. The Morgan fingerprint density at radius 3 is 2.61 bits per heavy atom. The molecule has 0 amide bonds. The van der Waals surface area contributed by atoms with Gasteiger partial charge in [0.15, 0.2) is 5.76 Å². The number of carboxylic acid groups (broad SMARTS) is 1. The summed E-state index contributed by atoms with van der Waals surface area (Å²) in [4.78, 5) is 11.0. The highest BCUT2D eigenvalue weighted by atomic mass is 16.4. The van der Waals surface area contributed by atoms with Gasteiger partial charge in [0, 0.05) is 0 Å². The van der Waals surface area contributed by atoms with Crippen LogP contribution in [-0.2, 0) is 0 Å². The zero-order chi connectivity index (χ0) is 13.3. The molecule has 1 heterocycles. The molecule has 0 aliphatic carbocycles. The van der Waals surface area contributed by atoms with Crippen LogP contribution in [0, 0.1) is 13.8 Å². The van der Waals surface area contributed by atoms with Crippen molar-refractivity contribution in [3.8, 4) is 0 Å². The van der Waals surface area contributed by atoms with Gasteiger partial charge >= 0.3 is 5.97 Å². The second kappa shape index (κ2) is 4.66. The molecule has 4 nitrogen and oxygen atoms in total. The Morgan fingerprint density at radius 1 is 1.28 bits per heavy atom. The van der Waals surface area contributed by atoms with Gasteiger partial charge in [-0.3, -0.25) is 0 Å². The monoisotopic (exact) mass is 246 g/mol. The number of aliphatic hydroxyl groups excluding tert-OH is 1. The molecule has 1 atom stereocenters. The maximum Gasteiger partial charge on any atom is 0.339 e. The summed E-state index contributed by atoms with van der Waals surface area (Å²) in [6, 6.07) is 6.92. The lowest BCUT2D eigenvalue weighted by molar-refractivity contribution is 0.0687. The van der Waals surface area contributed by atoms with Crippen molar-refractivity contribution in [1.29, 1.82) is 0 Å². The molecule has 94 valence electrons. The predicted octanol–water partition coefficient (Wildman–Crippen LogP) is 2.68. The van der Waals surface area contributed by atoms with Gasteiger partial charge in [-0.1, -0.05) is 23.8 Å². The maximum atomic E-state index is 11.0. The van der Waals surface area contributed by atoms with Gasteiger partial charge in [0.05, 0.1) is 6.26 Å². The zero-order valence-electron chi connectivity index (χ0n) is 10.2. The Bertz CT molecular complexity index is 583. The minimum Gasteiger partial charge on any atom is -0.478 e. The predicted molar refractivity (Wildman–Crippen MR) is 65.6 cm³/mol. The Balaban J connectivity index is 2.44. The minimum atomic E-state index is -1.11. The number of aryl methyl sites for hydroxylation is 2. The van der Waals surface area contributed by atoms with Gasteiger partial charge < -0.3 is 14.6 Å². The highest BCUT2D eigenvalue weighted by Gasteiger charge is 2.23. The standard InChI is InChI=1S/C14H14O4/c1-8-3-4-10(9(2)7-8)12(15)13-11(14(16)17)5-6-18-13/h3-7,12,15H,1-2H3,(H,16,17). The van der Waals surface area contributed by atoms with Crippen LogP contribution in [0.25, 0.3) is 0 Å². The van der Waals surface area contributed by atoms with Crippen molar-refractivity contribution in [2.45, 2.75) is 20.0 Å². The van der Waals surface area contributed by atoms with Gasteiger partial charge in [-0.2, -0.15) is 0 Å². The summed E-state index contributed by atoms with van der Waals surface area (Å²) in [5, 5.41) is 19.2. The molecular formula is C14H14O4. The van der Waals surface area contributed by atoms with Crippen LogP contribution in [0.5, 0.6) is 0 Å². The number of carboxylic acids is 1. The molecule has 18 heavy (non-hydrogen) atoms. The summed E-state index contributed by atoms with van der Waals surface area (Å²) in [6.45, 7) is 3.83. The van der Waals surface area contributed by atoms with Crippen LogP contribution >= 0.6 is 0 Å². The molecule has 4 heteroatoms. The van der Waals surface area contributed by atoms with Crippen LogP contribution in [0.4, 0.5) is 0 Å². The molecule has 0 fully saturated rings. The van der Waals surface area contributed by atoms with Crippen LogP contribution in [0.2, 0.25) is 0 Å². The van der Waals surface area contributed by atoms with Crippen LogP contribution in [0.3, 0.4) is 0 Å². The SMILES string of the molecule is Cc1ccc(C(O)c2occc2C(=O)O)c(C)c1. The smallest absolute Gasteiger partial charge is 0.339 e. The van der Waals surface area contributed by atoms with Crippen molar-refractivity contribution in [3.05, 3.63) is 58.5 Å². The molecule has 2 N–H and O–H groups in total. The maximum absolute atomic E-state index is 11.0. The first-order valence-electron chi connectivity index (χ1n) is 5.56. The van der Waals surface area contributed by atoms with Crippen LogP contribution in [-0.4, -0.2) is 16.2 Å². The van der Waals surface area contributed by atoms with Gasteiger partial charge in [-0.25, -0.2) is 4.79 Å². The van der Waals surface area contributed by atoms with E-state index in [-0.39, 0.29) is 11.3 Å². The fourth-order valence-electron chi connectivity index (χ4n) is 1.98. The molecule has 0 radical (unpaired) electrons. The normalized spacial score (nSPS) is 12.4. The van der Waals surface area contributed by atoms with E-state index in [2.05, 4.69) is 0 Å². The number of furan rings is 1. The molecular weight excluding hydrogens is 232 g/mol. The lowest BCUT2D eigenvalue weighted by atomic mass is 9.98. The Hall–Kier alpha value is -2.07. The molecule has 1 aromatic carbocycles. The van der Waals surface area contributed by atoms with E-state index in [0.29, 0.717) is 5.56 Å². The third-order valence-corrected chi connectivity index (χ3v) is 2.89. The molecule has 1 aromatic heterocycles. The van der Waals surface area contributed by atoms with E-state index in [1.807, 2.05) is 26.0 Å². The number of hydrogen-bond donors (Lipinski definition) is 2. The van der Waals surface area contributed by atoms with Gasteiger partial charge in [-0.15, -0.1) is 0 Å². The lowest BCUT2D eigenvalue weighted by Gasteiger charge is -2.13. The lowest BCUT2D eigenvalue weighted by Crippen LogP contribution is -2.07. The first kappa shape index (κ1) is 12.4. The number of rotatable bonds is 3. The first-order chi connectivity index (χ1) is 8.50. The van der Waals surface area contributed by atoms with E-state index in [4.69, 9.17) is 9.52 Å². The summed E-state index contributed by atoms with van der Waals surface area (Å²) in [7, 11) is 0. The number of aromatic carboxylic acids is 1. The summed E-state index contributed by atoms with van der Waals surface area (Å²) in [5.41, 5.74) is 2.62. The fraction of sp³-hybridized carbons (Fsp3) is 0.214. The zero-order valence-corrected chi connectivity index (χ0v) is 10.2. The van der Waals surface area contributed by atoms with Crippen molar-refractivity contribution < 1.29 is 19.4 Å². The van der Waals surface area contributed by atoms with E-state index < -0.39 is 12.1 Å². The third-order valence-electron chi connectivity index (χ3n) is 2.89. The molecule has 2 rings (SSSR count). The molecule has 2 aromatic rings.